The molecule has 0 radical (unpaired) electrons. The number of sulfonamides is 1. The third-order valence-corrected chi connectivity index (χ3v) is 9.00. The SMILES string of the molecule is Cc1nn(-c2cccc(S(N)(=O)=O)c2)c(O)c1N=Nc1cc(Cl)ccc1O.Cc1nn(-c2cccc(SOON)c2)c(O)c1N=Nc1cc(Cl)ccc1O.[Cr]. The number of benzene rings is 4. The van der Waals surface area contributed by atoms with Gasteiger partial charge in [-0.05, 0) is 86.6 Å². The van der Waals surface area contributed by atoms with E-state index in [1.807, 2.05) is 0 Å². The molecule has 0 saturated carbocycles. The monoisotopic (exact) mass is 866 g/mol. The predicted molar refractivity (Wildman–Crippen MR) is 198 cm³/mol. The third-order valence-electron chi connectivity index (χ3n) is 7.02. The number of aryl methyl sites for hydroxylation is 2. The number of azo groups is 2. The van der Waals surface area contributed by atoms with E-state index in [4.69, 9.17) is 34.2 Å². The topological polar surface area (TPSA) is 271 Å². The molecule has 0 aliphatic heterocycles. The number of aromatic hydroxyl groups is 4. The first-order valence-corrected chi connectivity index (χ1v) is 18.0. The molecular formula is C32H28Cl2CrN10O8S2. The minimum atomic E-state index is -3.91. The van der Waals surface area contributed by atoms with Gasteiger partial charge in [-0.2, -0.15) is 25.5 Å². The number of aromatic nitrogens is 4. The smallest absolute Gasteiger partial charge is 0.243 e. The molecule has 0 saturated heterocycles. The zero-order valence-corrected chi connectivity index (χ0v) is 32.6. The Balaban J connectivity index is 0.000000240. The van der Waals surface area contributed by atoms with Gasteiger partial charge in [0.15, 0.2) is 11.4 Å². The molecule has 2 aromatic heterocycles. The second kappa shape index (κ2) is 18.5. The van der Waals surface area contributed by atoms with Crippen molar-refractivity contribution in [2.45, 2.75) is 23.6 Å². The molecule has 55 heavy (non-hydrogen) atoms. The molecule has 8 N–H and O–H groups in total. The molecule has 0 bridgehead atoms. The maximum Gasteiger partial charge on any atom is 0.243 e. The third kappa shape index (κ3) is 10.6. The zero-order chi connectivity index (χ0) is 39.2. The first kappa shape index (κ1) is 42.7. The van der Waals surface area contributed by atoms with Gasteiger partial charge in [0.1, 0.15) is 22.9 Å². The molecule has 4 aromatic carbocycles. The molecule has 0 unspecified atom stereocenters. The second-order valence-corrected chi connectivity index (χ2v) is 14.0. The van der Waals surface area contributed by atoms with Crippen LogP contribution in [-0.4, -0.2) is 48.4 Å². The van der Waals surface area contributed by atoms with E-state index in [2.05, 4.69) is 40.0 Å². The molecular weight excluding hydrogens is 839 g/mol. The molecule has 18 nitrogen and oxygen atoms in total. The average Bonchev–Trinajstić information content (AvgIpc) is 3.59. The molecule has 0 aliphatic rings. The summed E-state index contributed by atoms with van der Waals surface area (Å²) in [5.41, 5.74) is 2.11. The van der Waals surface area contributed by atoms with Gasteiger partial charge in [0.2, 0.25) is 21.8 Å². The summed E-state index contributed by atoms with van der Waals surface area (Å²) < 4.78 is 30.0. The van der Waals surface area contributed by atoms with Crippen molar-refractivity contribution < 1.29 is 55.5 Å². The molecule has 6 aromatic rings. The van der Waals surface area contributed by atoms with Crippen molar-refractivity contribution in [1.82, 2.24) is 19.6 Å². The number of halogens is 2. The van der Waals surface area contributed by atoms with Crippen LogP contribution in [0.5, 0.6) is 23.3 Å². The Morgan fingerprint density at radius 3 is 1.65 bits per heavy atom. The van der Waals surface area contributed by atoms with Gasteiger partial charge in [-0.1, -0.05) is 35.3 Å². The number of hydrogen-bond donors (Lipinski definition) is 6. The molecule has 0 fully saturated rings. The van der Waals surface area contributed by atoms with Gasteiger partial charge >= 0.3 is 0 Å². The Bertz CT molecular complexity index is 2500. The number of nitrogens with zero attached hydrogens (tertiary/aromatic N) is 8. The predicted octanol–water partition coefficient (Wildman–Crippen LogP) is 7.80. The van der Waals surface area contributed by atoms with Crippen LogP contribution in [0.15, 0.2) is 115 Å². The van der Waals surface area contributed by atoms with Crippen molar-refractivity contribution in [1.29, 1.82) is 0 Å². The standard InChI is InChI=1S/2C16H14ClN5O4S.Cr/c1-9-15(20-19-13-7-10(17)5-6-14(13)23)16(24)22(21-9)11-3-2-4-12(8-11)27(18,25)26;1-9-15(20-19-13-7-10(17)5-6-14(13)23)16(24)22(21-9)11-3-2-4-12(8-11)27-26-25-18;/h2-8,23-24H,1H3,(H2,18,25,26);2-8,23-24H,18H2,1H3;. The molecule has 2 heterocycles. The maximum atomic E-state index is 11.5. The number of rotatable bonds is 10. The maximum absolute atomic E-state index is 11.5. The fourth-order valence-corrected chi connectivity index (χ4v) is 5.79. The molecule has 0 amide bonds. The van der Waals surface area contributed by atoms with Crippen LogP contribution in [0.4, 0.5) is 22.7 Å². The summed E-state index contributed by atoms with van der Waals surface area (Å²) in [7, 11) is -3.91. The Labute approximate surface area is 337 Å². The van der Waals surface area contributed by atoms with E-state index in [9.17, 15) is 28.8 Å². The number of phenolic OH excluding ortho intramolecular Hbond substituents is 2. The Morgan fingerprint density at radius 1 is 0.709 bits per heavy atom. The quantitative estimate of drug-likeness (QED) is 0.0333. The fourth-order valence-electron chi connectivity index (χ4n) is 4.49. The summed E-state index contributed by atoms with van der Waals surface area (Å²) in [6.45, 7) is 3.26. The van der Waals surface area contributed by atoms with Gasteiger partial charge in [0, 0.05) is 32.3 Å². The number of phenols is 2. The van der Waals surface area contributed by atoms with Crippen molar-refractivity contribution in [3.63, 3.8) is 0 Å². The molecule has 0 spiro atoms. The summed E-state index contributed by atoms with van der Waals surface area (Å²) in [5, 5.41) is 70.6. The van der Waals surface area contributed by atoms with E-state index in [1.54, 1.807) is 44.2 Å². The van der Waals surface area contributed by atoms with Crippen LogP contribution in [0.25, 0.3) is 11.4 Å². The van der Waals surface area contributed by atoms with Gasteiger partial charge in [-0.25, -0.2) is 13.6 Å². The number of hydrogen-bond acceptors (Lipinski definition) is 16. The Hall–Kier alpha value is -5.05. The van der Waals surface area contributed by atoms with Crippen molar-refractivity contribution in [2.75, 3.05) is 0 Å². The summed E-state index contributed by atoms with van der Waals surface area (Å²) in [6, 6.07) is 21.2. The van der Waals surface area contributed by atoms with E-state index in [0.717, 1.165) is 16.7 Å². The van der Waals surface area contributed by atoms with Crippen molar-refractivity contribution in [3.05, 3.63) is 106 Å². The van der Waals surface area contributed by atoms with E-state index in [0.29, 0.717) is 32.0 Å². The first-order chi connectivity index (χ1) is 25.7. The van der Waals surface area contributed by atoms with E-state index >= 15 is 0 Å². The molecule has 0 atom stereocenters. The normalized spacial score (nSPS) is 11.5. The largest absolute Gasteiger partial charge is 0.506 e. The van der Waals surface area contributed by atoms with E-state index < -0.39 is 10.0 Å². The van der Waals surface area contributed by atoms with Crippen LogP contribution in [0.3, 0.4) is 0 Å². The first-order valence-electron chi connectivity index (χ1n) is 15.0. The number of primary sulfonamides is 1. The van der Waals surface area contributed by atoms with E-state index in [-0.39, 0.29) is 74.0 Å². The average molecular weight is 868 g/mol. The Morgan fingerprint density at radius 2 is 1.18 bits per heavy atom. The van der Waals surface area contributed by atoms with Crippen LogP contribution in [0.2, 0.25) is 10.0 Å². The second-order valence-electron chi connectivity index (χ2n) is 10.8. The number of nitrogens with two attached hydrogens (primary N) is 2. The minimum Gasteiger partial charge on any atom is -0.506 e. The van der Waals surface area contributed by atoms with Crippen molar-refractivity contribution in [2.24, 2.45) is 31.5 Å². The van der Waals surface area contributed by atoms with Crippen molar-refractivity contribution in [3.8, 4) is 34.6 Å². The molecule has 286 valence electrons. The van der Waals surface area contributed by atoms with Gasteiger partial charge in [0.05, 0.1) is 39.7 Å². The van der Waals surface area contributed by atoms with Crippen LogP contribution < -0.4 is 11.0 Å². The summed E-state index contributed by atoms with van der Waals surface area (Å²) in [4.78, 5) is 4.62. The fraction of sp³-hybridized carbons (Fsp3) is 0.0625. The van der Waals surface area contributed by atoms with E-state index in [1.165, 1.54) is 59.3 Å². The Kier molecular flexibility index (Phi) is 14.4. The van der Waals surface area contributed by atoms with Crippen LogP contribution >= 0.6 is 35.2 Å². The van der Waals surface area contributed by atoms with Gasteiger partial charge in [0.25, 0.3) is 0 Å². The van der Waals surface area contributed by atoms with Crippen LogP contribution in [-0.2, 0) is 36.7 Å². The molecule has 6 rings (SSSR count). The van der Waals surface area contributed by atoms with Crippen LogP contribution in [0, 0.1) is 13.8 Å². The summed E-state index contributed by atoms with van der Waals surface area (Å²) in [6.07, 6.45) is 0. The minimum absolute atomic E-state index is 0. The molecule has 0 aliphatic carbocycles. The van der Waals surface area contributed by atoms with Gasteiger partial charge in [-0.3, -0.25) is 0 Å². The van der Waals surface area contributed by atoms with Crippen molar-refractivity contribution >= 4 is 68.0 Å². The summed E-state index contributed by atoms with van der Waals surface area (Å²) in [5.74, 6) is 4.04. The zero-order valence-electron chi connectivity index (χ0n) is 28.2. The van der Waals surface area contributed by atoms with Gasteiger partial charge in [-0.15, -0.1) is 29.8 Å². The van der Waals surface area contributed by atoms with Crippen LogP contribution in [0.1, 0.15) is 11.4 Å². The summed E-state index contributed by atoms with van der Waals surface area (Å²) >= 11 is 12.7. The van der Waals surface area contributed by atoms with Gasteiger partial charge < -0.3 is 20.4 Å². The molecule has 23 heteroatoms.